The van der Waals surface area contributed by atoms with Gasteiger partial charge >= 0.3 is 123 Å². The second-order valence-corrected chi connectivity index (χ2v) is 49.4. The molecule has 8 nitrogen and oxygen atoms in total. The van der Waals surface area contributed by atoms with Gasteiger partial charge in [-0.3, -0.25) is 0 Å². The minimum absolute atomic E-state index is 0. The molecule has 12 aromatic carbocycles. The molecule has 584 valence electrons. The Morgan fingerprint density at radius 3 is 0.748 bits per heavy atom. The van der Waals surface area contributed by atoms with Crippen molar-refractivity contribution in [2.45, 2.75) is 85.6 Å². The quantitative estimate of drug-likeness (QED) is 0.0473. The van der Waals surface area contributed by atoms with E-state index in [1.807, 2.05) is 18.5 Å². The smallest absolute Gasteiger partial charge is 0.179 e. The zero-order chi connectivity index (χ0) is 78.7. The van der Waals surface area contributed by atoms with E-state index in [9.17, 15) is 0 Å². The second-order valence-electron chi connectivity index (χ2n) is 27.7. The molecule has 0 unspecified atom stereocenters. The van der Waals surface area contributed by atoms with E-state index < -0.39 is 50.1 Å². The maximum atomic E-state index is 4.69. The first kappa shape index (κ1) is 88.2. The average Bonchev–Trinajstić information content (AvgIpc) is 0.838. The summed E-state index contributed by atoms with van der Waals surface area (Å²) in [6.45, 7) is 12.0. The fourth-order valence-electron chi connectivity index (χ4n) is 13.7. The minimum atomic E-state index is -2.32. The topological polar surface area (TPSA) is 92.6 Å². The predicted molar refractivity (Wildman–Crippen MR) is 500 cm³/mol. The van der Waals surface area contributed by atoms with E-state index in [0.717, 1.165) is 25.5 Å². The molecule has 4 heterocycles. The van der Waals surface area contributed by atoms with Crippen molar-refractivity contribution >= 4 is 123 Å². The van der Waals surface area contributed by atoms with Crippen molar-refractivity contribution in [3.8, 4) is 11.5 Å². The summed E-state index contributed by atoms with van der Waals surface area (Å²) in [6.07, 6.45) is 18.9. The number of aromatic nitrogens is 6. The van der Waals surface area contributed by atoms with Crippen LogP contribution in [0, 0.1) is 0 Å². The van der Waals surface area contributed by atoms with Crippen molar-refractivity contribution in [2.24, 2.45) is 0 Å². The second kappa shape index (κ2) is 50.3. The summed E-state index contributed by atoms with van der Waals surface area (Å²) >= 11 is -2.32. The summed E-state index contributed by atoms with van der Waals surface area (Å²) in [4.78, 5) is 28.8. The van der Waals surface area contributed by atoms with Gasteiger partial charge in [0.2, 0.25) is 0 Å². The van der Waals surface area contributed by atoms with Gasteiger partial charge in [0.1, 0.15) is 11.5 Å². The Balaban J connectivity index is 0.000000146. The molecule has 0 radical (unpaired) electrons. The number of benzene rings is 12. The Morgan fingerprint density at radius 1 is 0.304 bits per heavy atom. The predicted octanol–water partition coefficient (Wildman–Crippen LogP) is 19.0. The summed E-state index contributed by atoms with van der Waals surface area (Å²) in [6, 6.07) is 134. The van der Waals surface area contributed by atoms with Gasteiger partial charge < -0.3 is 10.2 Å². The Bertz CT molecular complexity index is 4130. The first-order chi connectivity index (χ1) is 56.4. The Hall–Kier alpha value is -9.18. The number of nitrogens with one attached hydrogen (secondary N) is 1. The standard InChI is InChI=1S/4C18H15P.C13H16N6.C4H3N2.3C4H9.Pd.Sn/c4*1-4-10-16(11-5-1)19(17-12-6-2-7-13-17)18-14-8-3-9-15-18;1-10-9-19(6-5-14-10)12-8-17-11(7-18-12)13-15-3-2-4-16-13;1-2-5-4-6-3-1;3*1-3-4-2;;/h4*1-15H;2-4,7-8,10,14H,5-6,9H2,1H3;1-3H;3*1,3-4H2,2H3;;/t;;;;10-;;;;;;/m....1....../s1. The molecule has 15 aromatic rings. The molecule has 1 N–H and O–H groups in total. The number of unbranched alkanes of at least 4 members (excludes halogenated alkanes) is 3. The van der Waals surface area contributed by atoms with Gasteiger partial charge in [0.05, 0.1) is 12.4 Å². The number of piperazine rings is 1. The van der Waals surface area contributed by atoms with Crippen LogP contribution in [0.3, 0.4) is 0 Å². The molecule has 1 atom stereocenters. The molecule has 0 aliphatic carbocycles. The Morgan fingerprint density at radius 2 is 0.539 bits per heavy atom. The zero-order valence-corrected chi connectivity index (χ0v) is 74.5. The van der Waals surface area contributed by atoms with Crippen LogP contribution < -0.4 is 77.7 Å². The molecule has 0 saturated carbocycles. The van der Waals surface area contributed by atoms with E-state index in [2.05, 4.69) is 422 Å². The summed E-state index contributed by atoms with van der Waals surface area (Å²) < 4.78 is 5.66. The zero-order valence-electron chi connectivity index (χ0n) is 66.6. The third kappa shape index (κ3) is 27.8. The monoisotopic (exact) mass is 1780 g/mol. The van der Waals surface area contributed by atoms with Gasteiger partial charge in [0.25, 0.3) is 0 Å². The maximum Gasteiger partial charge on any atom is 0.179 e. The fourth-order valence-corrected chi connectivity index (χ4v) is 37.8. The number of hydrogen-bond donors (Lipinski definition) is 1. The number of nitrogens with zero attached hydrogens (tertiary/aromatic N) is 7. The van der Waals surface area contributed by atoms with Gasteiger partial charge in [-0.15, -0.1) is 0 Å². The molecule has 1 aliphatic rings. The van der Waals surface area contributed by atoms with Crippen molar-refractivity contribution in [3.63, 3.8) is 0 Å². The van der Waals surface area contributed by atoms with E-state index in [-0.39, 0.29) is 20.4 Å². The van der Waals surface area contributed by atoms with E-state index >= 15 is 0 Å². The van der Waals surface area contributed by atoms with Gasteiger partial charge in [-0.25, -0.2) is 19.9 Å². The van der Waals surface area contributed by atoms with Crippen molar-refractivity contribution < 1.29 is 20.4 Å². The van der Waals surface area contributed by atoms with Crippen LogP contribution in [0.2, 0.25) is 13.3 Å². The molecular formula is C101H106N8P4PdSn. The van der Waals surface area contributed by atoms with Crippen molar-refractivity contribution in [2.75, 3.05) is 24.5 Å². The van der Waals surface area contributed by atoms with Crippen LogP contribution in [-0.4, -0.2) is 74.0 Å². The molecule has 1 saturated heterocycles. The third-order valence-corrected chi connectivity index (χ3v) is 43.8. The van der Waals surface area contributed by atoms with Crippen LogP contribution in [0.5, 0.6) is 0 Å². The SMILES string of the molecule is CCC[CH2][Sn]([CH2]CCC)([CH2]CCC)[c]1ncccn1.C[C@@H]1CN(c2cnc(-c3ncccn3)cn2)CCN1.[Pd].c1ccc(P(c2ccccc2)c2ccccc2)cc1.c1ccc(P(c2ccccc2)c2ccccc2)cc1.c1ccc(P(c2ccccc2)c2ccccc2)cc1.c1ccc(P(c2ccccc2)c2ccccc2)cc1. The minimum Gasteiger partial charge on any atom is -0.353 e. The van der Waals surface area contributed by atoms with E-state index in [4.69, 9.17) is 9.97 Å². The van der Waals surface area contributed by atoms with E-state index in [1.165, 1.54) is 119 Å². The number of anilines is 1. The Kier molecular flexibility index (Phi) is 38.6. The summed E-state index contributed by atoms with van der Waals surface area (Å²) in [7, 11) is -1.78. The fraction of sp³-hybridized carbons (Fsp3) is 0.168. The van der Waals surface area contributed by atoms with Gasteiger partial charge in [-0.2, -0.15) is 0 Å². The molecule has 1 aliphatic heterocycles. The average molecular weight is 1780 g/mol. The van der Waals surface area contributed by atoms with E-state index in [1.54, 1.807) is 30.9 Å². The molecule has 0 spiro atoms. The maximum absolute atomic E-state index is 4.69. The normalized spacial score (nSPS) is 12.1. The van der Waals surface area contributed by atoms with Gasteiger partial charge in [-0.05, 0) is 108 Å². The van der Waals surface area contributed by atoms with Crippen LogP contribution in [0.25, 0.3) is 11.5 Å². The molecule has 0 amide bonds. The summed E-state index contributed by atoms with van der Waals surface area (Å²) in [5.41, 5.74) is 0.701. The first-order valence-electron chi connectivity index (χ1n) is 40.1. The molecule has 3 aromatic heterocycles. The van der Waals surface area contributed by atoms with Crippen LogP contribution in [0.15, 0.2) is 413 Å². The van der Waals surface area contributed by atoms with Crippen LogP contribution in [-0.2, 0) is 20.4 Å². The first-order valence-corrected chi connectivity index (χ1v) is 52.9. The Labute approximate surface area is 707 Å². The molecule has 1 fully saturated rings. The molecule has 16 rings (SSSR count). The molecule has 115 heavy (non-hydrogen) atoms. The van der Waals surface area contributed by atoms with Crippen LogP contribution >= 0.6 is 31.7 Å². The van der Waals surface area contributed by atoms with Crippen LogP contribution in [0.1, 0.15) is 66.2 Å². The van der Waals surface area contributed by atoms with Gasteiger partial charge in [0.15, 0.2) is 5.82 Å². The molecule has 0 bridgehead atoms. The summed E-state index contributed by atoms with van der Waals surface area (Å²) in [5.74, 6) is 1.52. The van der Waals surface area contributed by atoms with Crippen molar-refractivity contribution in [1.29, 1.82) is 0 Å². The van der Waals surface area contributed by atoms with Crippen molar-refractivity contribution in [3.05, 3.63) is 413 Å². The summed E-state index contributed by atoms with van der Waals surface area (Å²) in [5, 5.41) is 20.2. The number of hydrogen-bond acceptors (Lipinski definition) is 8. The van der Waals surface area contributed by atoms with Gasteiger partial charge in [0, 0.05) is 58.5 Å². The van der Waals surface area contributed by atoms with E-state index in [0.29, 0.717) is 17.6 Å². The molecular weight excluding hydrogens is 1670 g/mol. The van der Waals surface area contributed by atoms with Crippen molar-refractivity contribution in [1.82, 2.24) is 35.2 Å². The van der Waals surface area contributed by atoms with Gasteiger partial charge in [-0.1, -0.05) is 364 Å². The number of rotatable bonds is 24. The largest absolute Gasteiger partial charge is 0.353 e. The third-order valence-electron chi connectivity index (χ3n) is 19.4. The molecule has 14 heteroatoms. The van der Waals surface area contributed by atoms with Crippen LogP contribution in [0.4, 0.5) is 5.82 Å².